The number of amides is 1. The van der Waals surface area contributed by atoms with E-state index in [1.807, 2.05) is 17.5 Å². The van der Waals surface area contributed by atoms with Gasteiger partial charge in [-0.25, -0.2) is 12.7 Å². The zero-order valence-corrected chi connectivity index (χ0v) is 13.2. The van der Waals surface area contributed by atoms with Gasteiger partial charge in [-0.15, -0.1) is 11.3 Å². The zero-order valence-electron chi connectivity index (χ0n) is 11.5. The molecule has 7 heteroatoms. The van der Waals surface area contributed by atoms with Crippen molar-refractivity contribution in [3.05, 3.63) is 22.4 Å². The second-order valence-electron chi connectivity index (χ2n) is 4.90. The van der Waals surface area contributed by atoms with Gasteiger partial charge in [-0.1, -0.05) is 6.07 Å². The summed E-state index contributed by atoms with van der Waals surface area (Å²) in [4.78, 5) is 12.9. The van der Waals surface area contributed by atoms with E-state index in [1.54, 1.807) is 18.3 Å². The van der Waals surface area contributed by atoms with E-state index in [-0.39, 0.29) is 17.7 Å². The summed E-state index contributed by atoms with van der Waals surface area (Å²) in [6.07, 6.45) is 1.79. The van der Waals surface area contributed by atoms with Crippen molar-refractivity contribution in [3.8, 4) is 0 Å². The zero-order chi connectivity index (χ0) is 14.6. The summed E-state index contributed by atoms with van der Waals surface area (Å²) in [6.45, 7) is 2.66. The first kappa shape index (κ1) is 15.5. The van der Waals surface area contributed by atoms with Crippen LogP contribution in [0.5, 0.6) is 0 Å². The van der Waals surface area contributed by atoms with Crippen molar-refractivity contribution in [1.29, 1.82) is 0 Å². The van der Waals surface area contributed by atoms with Gasteiger partial charge in [0.2, 0.25) is 15.9 Å². The van der Waals surface area contributed by atoms with E-state index < -0.39 is 10.0 Å². The Labute approximate surface area is 124 Å². The number of nitrogens with zero attached hydrogens (tertiary/aromatic N) is 1. The molecule has 2 rings (SSSR count). The van der Waals surface area contributed by atoms with Crippen LogP contribution in [-0.2, 0) is 21.2 Å². The first-order valence-electron chi connectivity index (χ1n) is 6.81. The topological polar surface area (TPSA) is 66.5 Å². The number of carbonyl (C=O) groups is 1. The minimum atomic E-state index is -3.09. The molecule has 0 radical (unpaired) electrons. The number of thiophene rings is 1. The van der Waals surface area contributed by atoms with Crippen molar-refractivity contribution in [2.24, 2.45) is 0 Å². The Morgan fingerprint density at radius 2 is 2.15 bits per heavy atom. The second-order valence-corrected chi connectivity index (χ2v) is 8.19. The fraction of sp³-hybridized carbons (Fsp3) is 0.615. The van der Waals surface area contributed by atoms with E-state index in [4.69, 9.17) is 0 Å². The van der Waals surface area contributed by atoms with Gasteiger partial charge >= 0.3 is 0 Å². The highest BCUT2D eigenvalue weighted by Gasteiger charge is 2.27. The molecule has 1 aromatic rings. The van der Waals surface area contributed by atoms with Crippen LogP contribution in [0, 0.1) is 0 Å². The summed E-state index contributed by atoms with van der Waals surface area (Å²) in [5.74, 6) is 0.159. The van der Waals surface area contributed by atoms with Gasteiger partial charge in [0, 0.05) is 24.0 Å². The summed E-state index contributed by atoms with van der Waals surface area (Å²) in [5.41, 5.74) is 0. The van der Waals surface area contributed by atoms with Gasteiger partial charge in [-0.05, 0) is 31.2 Å². The molecule has 1 aromatic heterocycles. The van der Waals surface area contributed by atoms with E-state index in [0.29, 0.717) is 32.4 Å². The highest BCUT2D eigenvalue weighted by atomic mass is 32.2. The molecule has 0 spiro atoms. The third kappa shape index (κ3) is 4.04. The van der Waals surface area contributed by atoms with Gasteiger partial charge in [0.1, 0.15) is 0 Å². The van der Waals surface area contributed by atoms with Crippen LogP contribution >= 0.6 is 11.3 Å². The summed E-state index contributed by atoms with van der Waals surface area (Å²) in [5, 5.41) is 4.95. The Bertz CT molecular complexity index is 532. The molecule has 1 aliphatic heterocycles. The lowest BCUT2D eigenvalue weighted by molar-refractivity contribution is -0.121. The molecule has 0 aromatic carbocycles. The van der Waals surface area contributed by atoms with Crippen LogP contribution in [0.2, 0.25) is 0 Å². The van der Waals surface area contributed by atoms with Crippen molar-refractivity contribution in [2.75, 3.05) is 18.8 Å². The van der Waals surface area contributed by atoms with E-state index in [2.05, 4.69) is 5.32 Å². The summed E-state index contributed by atoms with van der Waals surface area (Å²) in [7, 11) is -3.09. The Hall–Kier alpha value is -0.920. The molecule has 0 unspecified atom stereocenters. The molecule has 112 valence electrons. The summed E-state index contributed by atoms with van der Waals surface area (Å²) < 4.78 is 25.0. The third-order valence-electron chi connectivity index (χ3n) is 3.49. The lowest BCUT2D eigenvalue weighted by Crippen LogP contribution is -2.47. The third-order valence-corrected chi connectivity index (χ3v) is 6.25. The quantitative estimate of drug-likeness (QED) is 0.888. The van der Waals surface area contributed by atoms with Gasteiger partial charge in [-0.3, -0.25) is 4.79 Å². The van der Waals surface area contributed by atoms with Gasteiger partial charge in [0.05, 0.1) is 12.2 Å². The molecule has 1 aliphatic rings. The average Bonchev–Trinajstić information content (AvgIpc) is 2.92. The Morgan fingerprint density at radius 1 is 1.45 bits per heavy atom. The molecule has 1 saturated heterocycles. The summed E-state index contributed by atoms with van der Waals surface area (Å²) >= 11 is 1.57. The summed E-state index contributed by atoms with van der Waals surface area (Å²) in [6, 6.07) is 3.97. The minimum Gasteiger partial charge on any atom is -0.353 e. The average molecular weight is 316 g/mol. The molecule has 0 saturated carbocycles. The predicted octanol–water partition coefficient (Wildman–Crippen LogP) is 1.22. The molecule has 1 N–H and O–H groups in total. The van der Waals surface area contributed by atoms with Crippen molar-refractivity contribution in [2.45, 2.75) is 32.2 Å². The van der Waals surface area contributed by atoms with E-state index in [9.17, 15) is 13.2 Å². The van der Waals surface area contributed by atoms with Crippen LogP contribution in [0.1, 0.15) is 24.6 Å². The number of rotatable bonds is 5. The monoisotopic (exact) mass is 316 g/mol. The SMILES string of the molecule is CCS(=O)(=O)N1CCC(NC(=O)Cc2cccs2)CC1. The highest BCUT2D eigenvalue weighted by molar-refractivity contribution is 7.89. The minimum absolute atomic E-state index is 0.0178. The maximum Gasteiger partial charge on any atom is 0.225 e. The van der Waals surface area contributed by atoms with Gasteiger partial charge < -0.3 is 5.32 Å². The van der Waals surface area contributed by atoms with E-state index in [1.165, 1.54) is 4.31 Å². The number of piperidine rings is 1. The predicted molar refractivity (Wildman–Crippen MR) is 80.2 cm³/mol. The Balaban J connectivity index is 1.78. The van der Waals surface area contributed by atoms with Crippen LogP contribution in [-0.4, -0.2) is 43.5 Å². The Kier molecular flexibility index (Phi) is 5.17. The smallest absolute Gasteiger partial charge is 0.225 e. The molecule has 0 atom stereocenters. The van der Waals surface area contributed by atoms with Crippen molar-refractivity contribution in [3.63, 3.8) is 0 Å². The van der Waals surface area contributed by atoms with E-state index in [0.717, 1.165) is 4.88 Å². The molecule has 2 heterocycles. The van der Waals surface area contributed by atoms with Crippen LogP contribution < -0.4 is 5.32 Å². The normalized spacial score (nSPS) is 18.1. The molecular weight excluding hydrogens is 296 g/mol. The molecule has 0 bridgehead atoms. The van der Waals surface area contributed by atoms with Crippen molar-refractivity contribution in [1.82, 2.24) is 9.62 Å². The number of hydrogen-bond acceptors (Lipinski definition) is 4. The molecule has 1 fully saturated rings. The first-order valence-corrected chi connectivity index (χ1v) is 9.29. The highest BCUT2D eigenvalue weighted by Crippen LogP contribution is 2.15. The lowest BCUT2D eigenvalue weighted by atomic mass is 10.1. The maximum absolute atomic E-state index is 11.9. The van der Waals surface area contributed by atoms with Crippen molar-refractivity contribution >= 4 is 27.3 Å². The largest absolute Gasteiger partial charge is 0.353 e. The maximum atomic E-state index is 11.9. The van der Waals surface area contributed by atoms with Gasteiger partial charge in [0.15, 0.2) is 0 Å². The van der Waals surface area contributed by atoms with Gasteiger partial charge in [-0.2, -0.15) is 0 Å². The van der Waals surface area contributed by atoms with Crippen LogP contribution in [0.3, 0.4) is 0 Å². The standard InChI is InChI=1S/C13H20N2O3S2/c1-2-20(17,18)15-7-5-11(6-8-15)14-13(16)10-12-4-3-9-19-12/h3-4,9,11H,2,5-8,10H2,1H3,(H,14,16). The first-order chi connectivity index (χ1) is 9.51. The van der Waals surface area contributed by atoms with Crippen LogP contribution in [0.4, 0.5) is 0 Å². The van der Waals surface area contributed by atoms with Crippen molar-refractivity contribution < 1.29 is 13.2 Å². The van der Waals surface area contributed by atoms with Crippen LogP contribution in [0.25, 0.3) is 0 Å². The molecule has 1 amide bonds. The molecule has 5 nitrogen and oxygen atoms in total. The molecular formula is C13H20N2O3S2. The Morgan fingerprint density at radius 3 is 2.70 bits per heavy atom. The molecule has 20 heavy (non-hydrogen) atoms. The lowest BCUT2D eigenvalue weighted by Gasteiger charge is -2.31. The van der Waals surface area contributed by atoms with Crippen LogP contribution in [0.15, 0.2) is 17.5 Å². The fourth-order valence-corrected chi connectivity index (χ4v) is 4.15. The van der Waals surface area contributed by atoms with Gasteiger partial charge in [0.25, 0.3) is 0 Å². The molecule has 0 aliphatic carbocycles. The number of hydrogen-bond donors (Lipinski definition) is 1. The fourth-order valence-electron chi connectivity index (χ4n) is 2.31. The number of carbonyl (C=O) groups excluding carboxylic acids is 1. The second kappa shape index (κ2) is 6.69. The number of sulfonamides is 1. The number of nitrogens with one attached hydrogen (secondary N) is 1. The van der Waals surface area contributed by atoms with E-state index >= 15 is 0 Å².